The number of hydrogen-bond donors (Lipinski definition) is 0. The van der Waals surface area contributed by atoms with Crippen LogP contribution in [0.15, 0.2) is 36.5 Å². The summed E-state index contributed by atoms with van der Waals surface area (Å²) in [6.07, 6.45) is 78.7. The first-order valence-electron chi connectivity index (χ1n) is 33.5. The van der Waals surface area contributed by atoms with E-state index in [1.807, 2.05) is 0 Å². The molecule has 0 unspecified atom stereocenters. The molecule has 0 radical (unpaired) electrons. The second kappa shape index (κ2) is 64.2. The molecule has 75 heavy (non-hydrogen) atoms. The third-order valence-corrected chi connectivity index (χ3v) is 15.1. The van der Waals surface area contributed by atoms with Gasteiger partial charge in [0, 0.05) is 19.3 Å². The number of ether oxygens (including phenoxy) is 3. The second-order valence-electron chi connectivity index (χ2n) is 22.7. The Bertz CT molecular complexity index is 1250. The van der Waals surface area contributed by atoms with E-state index in [2.05, 4.69) is 57.2 Å². The fourth-order valence-corrected chi connectivity index (χ4v) is 10.1. The van der Waals surface area contributed by atoms with Crippen molar-refractivity contribution in [1.29, 1.82) is 0 Å². The molecule has 0 N–H and O–H groups in total. The van der Waals surface area contributed by atoms with Gasteiger partial charge < -0.3 is 14.2 Å². The van der Waals surface area contributed by atoms with Crippen molar-refractivity contribution >= 4 is 17.9 Å². The molecule has 0 aromatic carbocycles. The highest BCUT2D eigenvalue weighted by Crippen LogP contribution is 2.18. The quantitative estimate of drug-likeness (QED) is 0.0261. The zero-order valence-corrected chi connectivity index (χ0v) is 50.6. The predicted molar refractivity (Wildman–Crippen MR) is 326 cm³/mol. The van der Waals surface area contributed by atoms with Gasteiger partial charge in [-0.25, -0.2) is 0 Å². The number of carbonyl (C=O) groups is 3. The molecular weight excluding hydrogens is 925 g/mol. The van der Waals surface area contributed by atoms with Crippen LogP contribution >= 0.6 is 0 Å². The van der Waals surface area contributed by atoms with Gasteiger partial charge in [0.2, 0.25) is 0 Å². The van der Waals surface area contributed by atoms with Crippen LogP contribution in [0.2, 0.25) is 0 Å². The summed E-state index contributed by atoms with van der Waals surface area (Å²) in [4.78, 5) is 38.4. The molecule has 0 heterocycles. The number of hydrogen-bond acceptors (Lipinski definition) is 6. The molecule has 0 aliphatic heterocycles. The van der Waals surface area contributed by atoms with Crippen LogP contribution in [0.3, 0.4) is 0 Å². The van der Waals surface area contributed by atoms with E-state index < -0.39 is 6.10 Å². The lowest BCUT2D eigenvalue weighted by atomic mass is 10.0. The van der Waals surface area contributed by atoms with Gasteiger partial charge in [-0.1, -0.05) is 308 Å². The van der Waals surface area contributed by atoms with E-state index in [0.717, 1.165) is 70.6 Å². The molecule has 0 fully saturated rings. The summed E-state index contributed by atoms with van der Waals surface area (Å²) in [6.45, 7) is 6.67. The maximum atomic E-state index is 12.9. The number of allylic oxidation sites excluding steroid dienone is 6. The highest BCUT2D eigenvalue weighted by molar-refractivity contribution is 5.71. The SMILES string of the molecule is CCCCC/C=C\C/C=C\CCCCCCCCCC(=O)O[C@H](COC(=O)CCCCCCCCCCC/C=C\CCCCCCCC)COC(=O)CCCCCCCCCCCCCCCCCCCCCCC. The van der Waals surface area contributed by atoms with Crippen molar-refractivity contribution in [2.45, 2.75) is 374 Å². The highest BCUT2D eigenvalue weighted by atomic mass is 16.6. The summed E-state index contributed by atoms with van der Waals surface area (Å²) in [6, 6.07) is 0. The Labute approximate surface area is 467 Å². The Balaban J connectivity index is 4.32. The Kier molecular flexibility index (Phi) is 62.1. The monoisotopic (exact) mass is 1050 g/mol. The maximum absolute atomic E-state index is 12.9. The van der Waals surface area contributed by atoms with Crippen LogP contribution < -0.4 is 0 Å². The van der Waals surface area contributed by atoms with Crippen molar-refractivity contribution in [3.05, 3.63) is 36.5 Å². The van der Waals surface area contributed by atoms with Crippen LogP contribution in [-0.4, -0.2) is 37.2 Å². The lowest BCUT2D eigenvalue weighted by Gasteiger charge is -2.18. The molecule has 6 nitrogen and oxygen atoms in total. The van der Waals surface area contributed by atoms with Crippen LogP contribution in [0.4, 0.5) is 0 Å². The van der Waals surface area contributed by atoms with Gasteiger partial charge in [0.25, 0.3) is 0 Å². The lowest BCUT2D eigenvalue weighted by molar-refractivity contribution is -0.167. The molecule has 0 saturated heterocycles. The van der Waals surface area contributed by atoms with Crippen molar-refractivity contribution < 1.29 is 28.6 Å². The molecule has 0 rings (SSSR count). The van der Waals surface area contributed by atoms with Gasteiger partial charge in [-0.2, -0.15) is 0 Å². The average Bonchev–Trinajstić information content (AvgIpc) is 3.41. The van der Waals surface area contributed by atoms with E-state index >= 15 is 0 Å². The minimum Gasteiger partial charge on any atom is -0.462 e. The summed E-state index contributed by atoms with van der Waals surface area (Å²) in [5.74, 6) is -0.855. The largest absolute Gasteiger partial charge is 0.462 e. The maximum Gasteiger partial charge on any atom is 0.306 e. The zero-order valence-electron chi connectivity index (χ0n) is 50.6. The van der Waals surface area contributed by atoms with Crippen LogP contribution in [0, 0.1) is 0 Å². The van der Waals surface area contributed by atoms with Crippen LogP contribution in [0.1, 0.15) is 367 Å². The first kappa shape index (κ1) is 72.6. The van der Waals surface area contributed by atoms with Crippen molar-refractivity contribution in [2.24, 2.45) is 0 Å². The molecule has 0 spiro atoms. The summed E-state index contributed by atoms with van der Waals surface area (Å²) in [5, 5.41) is 0. The van der Waals surface area contributed by atoms with Crippen molar-refractivity contribution in [3.63, 3.8) is 0 Å². The Morgan fingerprint density at radius 3 is 0.773 bits per heavy atom. The molecule has 440 valence electrons. The van der Waals surface area contributed by atoms with Gasteiger partial charge in [-0.3, -0.25) is 14.4 Å². The summed E-state index contributed by atoms with van der Waals surface area (Å²) in [5.41, 5.74) is 0. The van der Waals surface area contributed by atoms with Crippen LogP contribution in [-0.2, 0) is 28.6 Å². The Morgan fingerprint density at radius 2 is 0.480 bits per heavy atom. The number of unbranched alkanes of at least 4 members (excludes halogenated alkanes) is 45. The predicted octanol–water partition coefficient (Wildman–Crippen LogP) is 22.8. The number of esters is 3. The minimum atomic E-state index is -0.776. The smallest absolute Gasteiger partial charge is 0.306 e. The first-order valence-corrected chi connectivity index (χ1v) is 33.5. The van der Waals surface area contributed by atoms with Crippen molar-refractivity contribution in [1.82, 2.24) is 0 Å². The van der Waals surface area contributed by atoms with Gasteiger partial charge >= 0.3 is 17.9 Å². The van der Waals surface area contributed by atoms with Crippen molar-refractivity contribution in [2.75, 3.05) is 13.2 Å². The van der Waals surface area contributed by atoms with Gasteiger partial charge in [-0.15, -0.1) is 0 Å². The zero-order chi connectivity index (χ0) is 54.3. The Morgan fingerprint density at radius 1 is 0.267 bits per heavy atom. The summed E-state index contributed by atoms with van der Waals surface area (Å²) in [7, 11) is 0. The molecule has 0 aromatic rings. The van der Waals surface area contributed by atoms with E-state index in [9.17, 15) is 14.4 Å². The fourth-order valence-electron chi connectivity index (χ4n) is 10.1. The van der Waals surface area contributed by atoms with Gasteiger partial charge in [0.1, 0.15) is 13.2 Å². The molecular formula is C69H128O6. The van der Waals surface area contributed by atoms with Gasteiger partial charge in [0.15, 0.2) is 6.10 Å². The average molecular weight is 1050 g/mol. The highest BCUT2D eigenvalue weighted by Gasteiger charge is 2.19. The summed E-state index contributed by atoms with van der Waals surface area (Å²) < 4.78 is 17.0. The second-order valence-corrected chi connectivity index (χ2v) is 22.7. The molecule has 0 aliphatic carbocycles. The van der Waals surface area contributed by atoms with Crippen molar-refractivity contribution in [3.8, 4) is 0 Å². The summed E-state index contributed by atoms with van der Waals surface area (Å²) >= 11 is 0. The van der Waals surface area contributed by atoms with Gasteiger partial charge in [-0.05, 0) is 77.0 Å². The van der Waals surface area contributed by atoms with E-state index in [-0.39, 0.29) is 31.1 Å². The molecule has 0 saturated carbocycles. The van der Waals surface area contributed by atoms with E-state index in [4.69, 9.17) is 14.2 Å². The molecule has 0 bridgehead atoms. The van der Waals surface area contributed by atoms with Gasteiger partial charge in [0.05, 0.1) is 0 Å². The standard InChI is InChI=1S/C69H128O6/c1-4-7-10-13-16-19-22-25-28-31-33-34-36-39-41-44-47-50-53-56-59-62-68(71)74-65-66(75-69(72)63-60-57-54-51-48-45-42-37-30-27-24-21-18-15-12-9-6-3)64-73-67(70)61-58-55-52-49-46-43-40-38-35-32-29-26-23-20-17-14-11-8-5-2/h18,21,26-27,29-30,66H,4-17,19-20,22-25,28,31-65H2,1-3H3/b21-18-,29-26-,30-27-/t66-/m1/s1. The number of carbonyl (C=O) groups excluding carboxylic acids is 3. The van der Waals surface area contributed by atoms with Crippen LogP contribution in [0.5, 0.6) is 0 Å². The van der Waals surface area contributed by atoms with E-state index in [0.29, 0.717) is 19.3 Å². The molecule has 6 heteroatoms. The minimum absolute atomic E-state index is 0.0714. The third kappa shape index (κ3) is 62.4. The van der Waals surface area contributed by atoms with Crippen LogP contribution in [0.25, 0.3) is 0 Å². The third-order valence-electron chi connectivity index (χ3n) is 15.1. The Hall–Kier alpha value is -2.37. The normalized spacial score (nSPS) is 12.2. The molecule has 0 aliphatic rings. The lowest BCUT2D eigenvalue weighted by Crippen LogP contribution is -2.30. The molecule has 1 atom stereocenters. The topological polar surface area (TPSA) is 78.9 Å². The van der Waals surface area contributed by atoms with E-state index in [1.54, 1.807) is 0 Å². The molecule has 0 amide bonds. The molecule has 0 aromatic heterocycles. The fraction of sp³-hybridized carbons (Fsp3) is 0.870. The van der Waals surface area contributed by atoms with E-state index in [1.165, 1.54) is 257 Å². The first-order chi connectivity index (χ1) is 37.0. The number of rotatable bonds is 62.